The van der Waals surface area contributed by atoms with Crippen molar-refractivity contribution in [2.75, 3.05) is 6.54 Å². The summed E-state index contributed by atoms with van der Waals surface area (Å²) < 4.78 is 1.57. The largest absolute Gasteiger partial charge is 0.477 e. The summed E-state index contributed by atoms with van der Waals surface area (Å²) >= 11 is 0. The molecule has 0 amide bonds. The van der Waals surface area contributed by atoms with Crippen molar-refractivity contribution >= 4 is 30.8 Å². The lowest BCUT2D eigenvalue weighted by molar-refractivity contribution is 0.0686. The Balaban J connectivity index is 0.00000180. The van der Waals surface area contributed by atoms with Gasteiger partial charge in [0.2, 0.25) is 0 Å². The summed E-state index contributed by atoms with van der Waals surface area (Å²) in [6.45, 7) is 0.616. The molecule has 7 heteroatoms. The lowest BCUT2D eigenvalue weighted by Crippen LogP contribution is -2.05. The zero-order valence-corrected chi connectivity index (χ0v) is 12.6. The Bertz CT molecular complexity index is 567. The summed E-state index contributed by atoms with van der Waals surface area (Å²) in [7, 11) is 1.69. The first-order valence-electron chi connectivity index (χ1n) is 5.68. The van der Waals surface area contributed by atoms with Gasteiger partial charge in [-0.05, 0) is 18.5 Å². The average Bonchev–Trinajstić information content (AvgIpc) is 2.73. The summed E-state index contributed by atoms with van der Waals surface area (Å²) in [6.07, 6.45) is 2.20. The van der Waals surface area contributed by atoms with Gasteiger partial charge in [-0.15, -0.1) is 24.8 Å². The number of aromatic nitrogens is 2. The Labute approximate surface area is 129 Å². The Morgan fingerprint density at radius 2 is 1.90 bits per heavy atom. The Morgan fingerprint density at radius 3 is 2.35 bits per heavy atom. The van der Waals surface area contributed by atoms with Crippen LogP contribution in [-0.4, -0.2) is 27.2 Å². The topological polar surface area (TPSA) is 81.1 Å². The molecule has 0 fully saturated rings. The van der Waals surface area contributed by atoms with Crippen molar-refractivity contribution in [3.05, 3.63) is 41.7 Å². The van der Waals surface area contributed by atoms with Gasteiger partial charge >= 0.3 is 5.97 Å². The highest BCUT2D eigenvalue weighted by Gasteiger charge is 2.13. The van der Waals surface area contributed by atoms with Gasteiger partial charge in [0.15, 0.2) is 0 Å². The van der Waals surface area contributed by atoms with Crippen molar-refractivity contribution in [1.29, 1.82) is 0 Å². The van der Waals surface area contributed by atoms with Crippen molar-refractivity contribution in [2.45, 2.75) is 6.42 Å². The third-order valence-electron chi connectivity index (χ3n) is 2.85. The van der Waals surface area contributed by atoms with Crippen molar-refractivity contribution in [2.24, 2.45) is 12.8 Å². The number of imidazole rings is 1. The number of carbonyl (C=O) groups is 1. The molecule has 2 aromatic rings. The maximum atomic E-state index is 10.9. The SMILES string of the molecule is Cl.Cl.Cn1c(C(=O)O)cnc1-c1ccc(CCN)cc1. The van der Waals surface area contributed by atoms with Gasteiger partial charge in [-0.25, -0.2) is 9.78 Å². The molecule has 0 unspecified atom stereocenters. The van der Waals surface area contributed by atoms with E-state index < -0.39 is 5.97 Å². The van der Waals surface area contributed by atoms with Crippen LogP contribution in [0.1, 0.15) is 16.1 Å². The van der Waals surface area contributed by atoms with E-state index in [-0.39, 0.29) is 30.5 Å². The molecule has 1 aromatic carbocycles. The van der Waals surface area contributed by atoms with Crippen LogP contribution in [0.15, 0.2) is 30.5 Å². The monoisotopic (exact) mass is 317 g/mol. The molecule has 0 bridgehead atoms. The molecule has 3 N–H and O–H groups in total. The molecule has 1 aromatic heterocycles. The molecule has 0 aliphatic rings. The lowest BCUT2D eigenvalue weighted by atomic mass is 10.1. The van der Waals surface area contributed by atoms with Crippen molar-refractivity contribution in [1.82, 2.24) is 9.55 Å². The number of nitrogens with two attached hydrogens (primary N) is 1. The molecule has 110 valence electrons. The van der Waals surface area contributed by atoms with Gasteiger partial charge in [-0.1, -0.05) is 24.3 Å². The minimum Gasteiger partial charge on any atom is -0.477 e. The third kappa shape index (κ3) is 3.72. The van der Waals surface area contributed by atoms with Gasteiger partial charge < -0.3 is 15.4 Å². The number of hydrogen-bond donors (Lipinski definition) is 2. The second-order valence-corrected chi connectivity index (χ2v) is 4.07. The van der Waals surface area contributed by atoms with Crippen LogP contribution in [0.2, 0.25) is 0 Å². The summed E-state index contributed by atoms with van der Waals surface area (Å²) in [5.74, 6) is -0.331. The highest BCUT2D eigenvalue weighted by molar-refractivity contribution is 5.86. The molecule has 0 radical (unpaired) electrons. The van der Waals surface area contributed by atoms with Gasteiger partial charge in [0.1, 0.15) is 11.5 Å². The molecule has 0 saturated heterocycles. The summed E-state index contributed by atoms with van der Waals surface area (Å²) in [5.41, 5.74) is 7.72. The van der Waals surface area contributed by atoms with E-state index >= 15 is 0 Å². The van der Waals surface area contributed by atoms with Crippen molar-refractivity contribution < 1.29 is 9.90 Å². The second-order valence-electron chi connectivity index (χ2n) is 4.07. The molecule has 1 heterocycles. The van der Waals surface area contributed by atoms with E-state index in [9.17, 15) is 4.79 Å². The van der Waals surface area contributed by atoms with Crippen LogP contribution in [0.25, 0.3) is 11.4 Å². The predicted octanol–water partition coefficient (Wildman–Crippen LogP) is 2.13. The third-order valence-corrected chi connectivity index (χ3v) is 2.85. The van der Waals surface area contributed by atoms with E-state index in [2.05, 4.69) is 4.98 Å². The average molecular weight is 318 g/mol. The van der Waals surface area contributed by atoms with Crippen molar-refractivity contribution in [3.63, 3.8) is 0 Å². The fourth-order valence-electron chi connectivity index (χ4n) is 1.86. The minimum atomic E-state index is -0.976. The van der Waals surface area contributed by atoms with E-state index in [1.165, 1.54) is 6.20 Å². The number of halogens is 2. The number of carboxylic acid groups (broad SMARTS) is 1. The summed E-state index contributed by atoms with van der Waals surface area (Å²) in [4.78, 5) is 15.1. The first-order chi connectivity index (χ1) is 8.63. The Kier molecular flexibility index (Phi) is 7.28. The number of hydrogen-bond acceptors (Lipinski definition) is 3. The van der Waals surface area contributed by atoms with Crippen LogP contribution in [-0.2, 0) is 13.5 Å². The van der Waals surface area contributed by atoms with Gasteiger partial charge in [-0.3, -0.25) is 0 Å². The molecule has 0 aliphatic carbocycles. The highest BCUT2D eigenvalue weighted by atomic mass is 35.5. The summed E-state index contributed by atoms with van der Waals surface area (Å²) in [6, 6.07) is 7.83. The molecular formula is C13H17Cl2N3O2. The van der Waals surface area contributed by atoms with Gasteiger partial charge in [0.25, 0.3) is 0 Å². The molecule has 5 nitrogen and oxygen atoms in total. The minimum absolute atomic E-state index is 0. The van der Waals surface area contributed by atoms with Crippen LogP contribution >= 0.6 is 24.8 Å². The molecule has 0 aliphatic heterocycles. The number of rotatable bonds is 4. The van der Waals surface area contributed by atoms with E-state index in [1.807, 2.05) is 24.3 Å². The zero-order valence-electron chi connectivity index (χ0n) is 10.9. The maximum absolute atomic E-state index is 10.9. The smallest absolute Gasteiger partial charge is 0.354 e. The number of nitrogens with zero attached hydrogens (tertiary/aromatic N) is 2. The Hall–Kier alpha value is -1.56. The Morgan fingerprint density at radius 1 is 1.30 bits per heavy atom. The molecule has 0 atom stereocenters. The van der Waals surface area contributed by atoms with E-state index in [0.717, 1.165) is 17.5 Å². The number of aromatic carboxylic acids is 1. The second kappa shape index (κ2) is 7.89. The lowest BCUT2D eigenvalue weighted by Gasteiger charge is -2.05. The van der Waals surface area contributed by atoms with Crippen LogP contribution in [0, 0.1) is 0 Å². The van der Waals surface area contributed by atoms with Crippen LogP contribution < -0.4 is 5.73 Å². The van der Waals surface area contributed by atoms with Crippen LogP contribution in [0.4, 0.5) is 0 Å². The van der Waals surface area contributed by atoms with E-state index in [1.54, 1.807) is 11.6 Å². The van der Waals surface area contributed by atoms with E-state index in [0.29, 0.717) is 12.4 Å². The van der Waals surface area contributed by atoms with E-state index in [4.69, 9.17) is 10.8 Å². The summed E-state index contributed by atoms with van der Waals surface area (Å²) in [5, 5.41) is 8.97. The molecule has 0 saturated carbocycles. The fraction of sp³-hybridized carbons (Fsp3) is 0.231. The van der Waals surface area contributed by atoms with Crippen molar-refractivity contribution in [3.8, 4) is 11.4 Å². The quantitative estimate of drug-likeness (QED) is 0.905. The molecular weight excluding hydrogens is 301 g/mol. The first kappa shape index (κ1) is 18.4. The van der Waals surface area contributed by atoms with Crippen LogP contribution in [0.5, 0.6) is 0 Å². The first-order valence-corrected chi connectivity index (χ1v) is 5.68. The predicted molar refractivity (Wildman–Crippen MR) is 82.9 cm³/mol. The molecule has 0 spiro atoms. The molecule has 20 heavy (non-hydrogen) atoms. The number of carboxylic acids is 1. The normalized spacial score (nSPS) is 9.50. The zero-order chi connectivity index (χ0) is 13.1. The maximum Gasteiger partial charge on any atom is 0.354 e. The highest BCUT2D eigenvalue weighted by Crippen LogP contribution is 2.19. The number of benzene rings is 1. The van der Waals surface area contributed by atoms with Gasteiger partial charge in [0.05, 0.1) is 6.20 Å². The van der Waals surface area contributed by atoms with Gasteiger partial charge in [-0.2, -0.15) is 0 Å². The fourth-order valence-corrected chi connectivity index (χ4v) is 1.86. The van der Waals surface area contributed by atoms with Gasteiger partial charge in [0, 0.05) is 12.6 Å². The molecule has 2 rings (SSSR count). The van der Waals surface area contributed by atoms with Crippen LogP contribution in [0.3, 0.4) is 0 Å². The standard InChI is InChI=1S/C13H15N3O2.2ClH/c1-16-11(13(17)18)8-15-12(16)10-4-2-9(3-5-10)6-7-14;;/h2-5,8H,6-7,14H2,1H3,(H,17,18);2*1H.